The third kappa shape index (κ3) is 4.43. The smallest absolute Gasteiger partial charge is 0.160 e. The molecule has 0 bridgehead atoms. The van der Waals surface area contributed by atoms with Gasteiger partial charge in [0.2, 0.25) is 0 Å². The molecule has 0 amide bonds. The predicted molar refractivity (Wildman–Crippen MR) is 239 cm³/mol. The van der Waals surface area contributed by atoms with Crippen LogP contribution < -0.4 is 0 Å². The molecule has 0 unspecified atom stereocenters. The number of allylic oxidation sites excluding steroid dienone is 1. The molecule has 4 aromatic heterocycles. The van der Waals surface area contributed by atoms with Gasteiger partial charge in [-0.2, -0.15) is 0 Å². The van der Waals surface area contributed by atoms with Gasteiger partial charge < -0.3 is 8.98 Å². The maximum absolute atomic E-state index is 7.06. The Bertz CT molecular complexity index is 3620. The summed E-state index contributed by atoms with van der Waals surface area (Å²) in [6.45, 7) is 0. The molecule has 0 radical (unpaired) electrons. The van der Waals surface area contributed by atoms with E-state index in [-0.39, 0.29) is 0 Å². The maximum Gasteiger partial charge on any atom is 0.160 e. The summed E-state index contributed by atoms with van der Waals surface area (Å²) in [7, 11) is 0. The van der Waals surface area contributed by atoms with Crippen molar-refractivity contribution < 1.29 is 4.42 Å². The molecule has 0 saturated carbocycles. The minimum atomic E-state index is 0.734. The summed E-state index contributed by atoms with van der Waals surface area (Å²) in [5.41, 5.74) is 9.42. The second kappa shape index (κ2) is 11.7. The Balaban J connectivity index is 1.07. The van der Waals surface area contributed by atoms with E-state index in [2.05, 4.69) is 168 Å². The molecule has 0 aliphatic heterocycles. The van der Waals surface area contributed by atoms with Gasteiger partial charge in [-0.05, 0) is 69.1 Å². The number of benzene rings is 8. The van der Waals surface area contributed by atoms with Crippen molar-refractivity contribution >= 4 is 102 Å². The lowest BCUT2D eigenvalue weighted by molar-refractivity contribution is 0.544. The van der Waals surface area contributed by atoms with Gasteiger partial charge in [-0.3, -0.25) is 0 Å². The lowest BCUT2D eigenvalue weighted by Gasteiger charge is -2.14. The van der Waals surface area contributed by atoms with Crippen molar-refractivity contribution in [2.24, 2.45) is 0 Å². The molecular weight excluding hydrogens is 715 g/mol. The summed E-state index contributed by atoms with van der Waals surface area (Å²) in [4.78, 5) is 10.9. The largest absolute Gasteiger partial charge is 0.458 e. The van der Waals surface area contributed by atoms with Crippen LogP contribution >= 0.6 is 11.3 Å². The quantitative estimate of drug-likeness (QED) is 0.181. The van der Waals surface area contributed by atoms with E-state index in [9.17, 15) is 0 Å². The van der Waals surface area contributed by atoms with E-state index in [0.717, 1.165) is 90.1 Å². The first-order chi connectivity index (χ1) is 28.3. The van der Waals surface area contributed by atoms with Gasteiger partial charge in [-0.15, -0.1) is 11.3 Å². The van der Waals surface area contributed by atoms with Crippen LogP contribution in [0.15, 0.2) is 168 Å². The lowest BCUT2D eigenvalue weighted by Crippen LogP contribution is -2.03. The zero-order valence-corrected chi connectivity index (χ0v) is 31.5. The van der Waals surface area contributed by atoms with E-state index < -0.39 is 0 Å². The van der Waals surface area contributed by atoms with Crippen LogP contribution in [0.25, 0.3) is 108 Å². The van der Waals surface area contributed by atoms with Crippen LogP contribution in [-0.2, 0) is 6.42 Å². The number of furan rings is 1. The molecule has 5 heteroatoms. The van der Waals surface area contributed by atoms with E-state index in [1.165, 1.54) is 47.8 Å². The molecule has 13 rings (SSSR count). The Kier molecular flexibility index (Phi) is 6.40. The zero-order valence-electron chi connectivity index (χ0n) is 30.7. The molecule has 1 aliphatic carbocycles. The van der Waals surface area contributed by atoms with Gasteiger partial charge in [0, 0.05) is 49.4 Å². The van der Waals surface area contributed by atoms with Gasteiger partial charge >= 0.3 is 0 Å². The van der Waals surface area contributed by atoms with E-state index in [0.29, 0.717) is 0 Å². The van der Waals surface area contributed by atoms with Crippen molar-refractivity contribution in [1.29, 1.82) is 0 Å². The van der Waals surface area contributed by atoms with E-state index in [1.807, 2.05) is 0 Å². The average molecular weight is 746 g/mol. The maximum atomic E-state index is 7.06. The van der Waals surface area contributed by atoms with Crippen LogP contribution in [0.5, 0.6) is 0 Å². The summed E-state index contributed by atoms with van der Waals surface area (Å²) >= 11 is 1.77. The van der Waals surface area contributed by atoms with Crippen LogP contribution in [-0.4, -0.2) is 14.5 Å². The van der Waals surface area contributed by atoms with Crippen molar-refractivity contribution in [3.8, 4) is 16.9 Å². The molecule has 0 fully saturated rings. The Morgan fingerprint density at radius 1 is 0.561 bits per heavy atom. The van der Waals surface area contributed by atoms with Gasteiger partial charge in [0.25, 0.3) is 0 Å². The molecule has 4 heterocycles. The number of hydrogen-bond donors (Lipinski definition) is 0. The van der Waals surface area contributed by atoms with Crippen LogP contribution in [0.2, 0.25) is 0 Å². The number of hydrogen-bond acceptors (Lipinski definition) is 4. The predicted octanol–water partition coefficient (Wildman–Crippen LogP) is 14.2. The minimum Gasteiger partial charge on any atom is -0.458 e. The highest BCUT2D eigenvalue weighted by molar-refractivity contribution is 7.26. The fourth-order valence-corrected chi connectivity index (χ4v) is 10.7. The van der Waals surface area contributed by atoms with Crippen LogP contribution in [0, 0.1) is 0 Å². The molecule has 4 nitrogen and oxygen atoms in total. The average Bonchev–Trinajstić information content (AvgIpc) is 3.96. The molecule has 0 atom stereocenters. The second-order valence-corrected chi connectivity index (χ2v) is 16.2. The number of aryl methyl sites for hydroxylation is 1. The van der Waals surface area contributed by atoms with Gasteiger partial charge in [-0.1, -0.05) is 133 Å². The van der Waals surface area contributed by atoms with Crippen molar-refractivity contribution in [1.82, 2.24) is 14.5 Å². The lowest BCUT2D eigenvalue weighted by atomic mass is 9.93. The summed E-state index contributed by atoms with van der Waals surface area (Å²) in [6, 6.07) is 56.9. The summed E-state index contributed by atoms with van der Waals surface area (Å²) in [6.07, 6.45) is 3.99. The molecule has 12 aromatic rings. The number of nitrogens with zero attached hydrogens (tertiary/aromatic N) is 3. The zero-order chi connectivity index (χ0) is 37.2. The van der Waals surface area contributed by atoms with Gasteiger partial charge in [0.05, 0.1) is 32.6 Å². The first-order valence-corrected chi connectivity index (χ1v) is 20.4. The summed E-state index contributed by atoms with van der Waals surface area (Å²) in [5.74, 6) is 1.72. The van der Waals surface area contributed by atoms with Crippen molar-refractivity contribution in [3.63, 3.8) is 0 Å². The summed E-state index contributed by atoms with van der Waals surface area (Å²) in [5, 5.41) is 12.1. The molecule has 0 N–H and O–H groups in total. The second-order valence-electron chi connectivity index (χ2n) is 15.1. The molecule has 8 aromatic carbocycles. The topological polar surface area (TPSA) is 43.9 Å². The monoisotopic (exact) mass is 745 g/mol. The highest BCUT2D eigenvalue weighted by atomic mass is 32.1. The third-order valence-electron chi connectivity index (χ3n) is 12.0. The Morgan fingerprint density at radius 2 is 1.21 bits per heavy atom. The van der Waals surface area contributed by atoms with Crippen molar-refractivity contribution in [2.45, 2.75) is 12.8 Å². The normalized spacial score (nSPS) is 13.2. The van der Waals surface area contributed by atoms with Crippen LogP contribution in [0.4, 0.5) is 0 Å². The molecule has 0 saturated heterocycles. The van der Waals surface area contributed by atoms with E-state index in [4.69, 9.17) is 14.4 Å². The minimum absolute atomic E-state index is 0.734. The van der Waals surface area contributed by atoms with Crippen molar-refractivity contribution in [2.75, 3.05) is 0 Å². The third-order valence-corrected chi connectivity index (χ3v) is 13.2. The summed E-state index contributed by atoms with van der Waals surface area (Å²) < 4.78 is 11.8. The van der Waals surface area contributed by atoms with Crippen molar-refractivity contribution in [3.05, 3.63) is 181 Å². The van der Waals surface area contributed by atoms with Gasteiger partial charge in [-0.25, -0.2) is 9.97 Å². The van der Waals surface area contributed by atoms with Crippen LogP contribution in [0.3, 0.4) is 0 Å². The van der Waals surface area contributed by atoms with Crippen LogP contribution in [0.1, 0.15) is 23.6 Å². The Labute approximate surface area is 330 Å². The highest BCUT2D eigenvalue weighted by Crippen LogP contribution is 2.46. The van der Waals surface area contributed by atoms with Gasteiger partial charge in [0.1, 0.15) is 5.76 Å². The van der Waals surface area contributed by atoms with Gasteiger partial charge in [0.15, 0.2) is 11.4 Å². The highest BCUT2D eigenvalue weighted by Gasteiger charge is 2.28. The van der Waals surface area contributed by atoms with E-state index >= 15 is 0 Å². The standard InChI is InChI=1S/C52H31N3OS/c1-2-14-33-29-34(24-23-30(33)11-1)48-51-49(37-17-7-8-22-44(37)57-51)54-52(53-48)39-19-10-21-43-45(39)38-18-9-20-42(50(38)56-43)55-40-27-25-31-12-3-5-15-35(31)46(40)47-36-16-6-4-13-32(36)26-28-41(47)55/h1-9,11-20,22-29H,10,21H2. The number of fused-ring (bicyclic) bond motifs is 14. The number of aromatic nitrogens is 3. The first kappa shape index (κ1) is 31.2. The fraction of sp³-hybridized carbons (Fsp3) is 0.0385. The number of thiophene rings is 1. The molecule has 266 valence electrons. The molecule has 0 spiro atoms. The molecule has 1 aliphatic rings. The number of para-hydroxylation sites is 1. The molecular formula is C52H31N3OS. The SMILES string of the molecule is C1=C(c2nc(-c3ccc4ccccc4c3)c3sc4ccccc4c3n2)c2c(oc3c(-n4c5ccc6ccccc6c5c5c6ccccc6ccc54)cccc23)CC1. The number of rotatable bonds is 3. The Hall–Kier alpha value is -7.08. The van der Waals surface area contributed by atoms with E-state index in [1.54, 1.807) is 11.3 Å². The fourth-order valence-electron chi connectivity index (χ4n) is 9.50. The Morgan fingerprint density at radius 3 is 1.98 bits per heavy atom. The molecule has 57 heavy (non-hydrogen) atoms. The first-order valence-electron chi connectivity index (χ1n) is 19.5.